The van der Waals surface area contributed by atoms with Crippen LogP contribution in [0.1, 0.15) is 11.1 Å². The predicted octanol–water partition coefficient (Wildman–Crippen LogP) is 2.54. The molecule has 0 radical (unpaired) electrons. The van der Waals surface area contributed by atoms with E-state index in [-0.39, 0.29) is 12.4 Å². The Kier molecular flexibility index (Phi) is 2.98. The molecule has 0 unspecified atom stereocenters. The summed E-state index contributed by atoms with van der Waals surface area (Å²) in [6.07, 6.45) is 4.02. The molecule has 0 fully saturated rings. The van der Waals surface area contributed by atoms with Gasteiger partial charge in [-0.05, 0) is 55.3 Å². The Morgan fingerprint density at radius 3 is 2.60 bits per heavy atom. The van der Waals surface area contributed by atoms with E-state index in [9.17, 15) is 0 Å². The van der Waals surface area contributed by atoms with Gasteiger partial charge in [0.15, 0.2) is 0 Å². The zero-order chi connectivity index (χ0) is 9.38. The highest BCUT2D eigenvalue weighted by atomic mass is 35.5. The van der Waals surface area contributed by atoms with E-state index < -0.39 is 0 Å². The number of benzene rings is 1. The molecule has 1 aliphatic heterocycles. The van der Waals surface area contributed by atoms with E-state index in [0.29, 0.717) is 0 Å². The monoisotopic (exact) mass is 223 g/mol. The molecule has 15 heavy (non-hydrogen) atoms. The van der Waals surface area contributed by atoms with Crippen LogP contribution >= 0.6 is 12.4 Å². The maximum Gasteiger partial charge on any atom is 0.134 e. The minimum Gasteiger partial charge on any atom is -0.464 e. The zero-order valence-electron chi connectivity index (χ0n) is 8.45. The van der Waals surface area contributed by atoms with Crippen molar-refractivity contribution in [3.05, 3.63) is 35.6 Å². The molecular formula is C12H14ClNO. The van der Waals surface area contributed by atoms with Crippen molar-refractivity contribution in [2.45, 2.75) is 12.8 Å². The van der Waals surface area contributed by atoms with Crippen molar-refractivity contribution in [2.75, 3.05) is 13.1 Å². The number of fused-ring (bicyclic) bond motifs is 2. The molecule has 1 N–H and O–H groups in total. The molecule has 0 saturated heterocycles. The summed E-state index contributed by atoms with van der Waals surface area (Å²) in [5.74, 6) is 0. The van der Waals surface area contributed by atoms with E-state index in [1.54, 1.807) is 6.26 Å². The van der Waals surface area contributed by atoms with Crippen molar-refractivity contribution in [1.82, 2.24) is 5.32 Å². The van der Waals surface area contributed by atoms with E-state index >= 15 is 0 Å². The summed E-state index contributed by atoms with van der Waals surface area (Å²) >= 11 is 0. The molecule has 1 aliphatic rings. The first-order chi connectivity index (χ1) is 6.93. The number of furan rings is 1. The summed E-state index contributed by atoms with van der Waals surface area (Å²) in [5, 5.41) is 4.64. The van der Waals surface area contributed by atoms with Crippen LogP contribution in [0.3, 0.4) is 0 Å². The topological polar surface area (TPSA) is 25.2 Å². The zero-order valence-corrected chi connectivity index (χ0v) is 9.27. The fraction of sp³-hybridized carbons (Fsp3) is 0.333. The van der Waals surface area contributed by atoms with Crippen molar-refractivity contribution in [3.63, 3.8) is 0 Å². The Morgan fingerprint density at radius 2 is 1.80 bits per heavy atom. The molecular weight excluding hydrogens is 210 g/mol. The fourth-order valence-electron chi connectivity index (χ4n) is 2.14. The van der Waals surface area contributed by atoms with Gasteiger partial charge in [0.2, 0.25) is 0 Å². The van der Waals surface area contributed by atoms with Crippen LogP contribution in [0.5, 0.6) is 0 Å². The highest BCUT2D eigenvalue weighted by molar-refractivity contribution is 5.85. The van der Waals surface area contributed by atoms with Crippen LogP contribution in [0, 0.1) is 0 Å². The number of hydrogen-bond acceptors (Lipinski definition) is 2. The highest BCUT2D eigenvalue weighted by Crippen LogP contribution is 2.22. The minimum absolute atomic E-state index is 0. The molecule has 0 bridgehead atoms. The molecule has 2 aromatic rings. The summed E-state index contributed by atoms with van der Waals surface area (Å²) in [6.45, 7) is 2.18. The lowest BCUT2D eigenvalue weighted by Crippen LogP contribution is -2.16. The summed E-state index contributed by atoms with van der Waals surface area (Å²) in [7, 11) is 0. The molecule has 3 heteroatoms. The molecule has 0 aliphatic carbocycles. The maximum atomic E-state index is 5.40. The lowest BCUT2D eigenvalue weighted by molar-refractivity contribution is 0.615. The molecule has 0 saturated carbocycles. The molecule has 1 aromatic carbocycles. The van der Waals surface area contributed by atoms with Crippen molar-refractivity contribution >= 4 is 23.4 Å². The van der Waals surface area contributed by atoms with Gasteiger partial charge in [0.25, 0.3) is 0 Å². The molecule has 80 valence electrons. The lowest BCUT2D eigenvalue weighted by Gasteiger charge is -2.03. The van der Waals surface area contributed by atoms with Gasteiger partial charge in [-0.3, -0.25) is 0 Å². The molecule has 2 heterocycles. The van der Waals surface area contributed by atoms with Crippen LogP contribution in [0.4, 0.5) is 0 Å². The van der Waals surface area contributed by atoms with Crippen molar-refractivity contribution in [3.8, 4) is 0 Å². The van der Waals surface area contributed by atoms with Gasteiger partial charge in [-0.25, -0.2) is 0 Å². The summed E-state index contributed by atoms with van der Waals surface area (Å²) in [4.78, 5) is 0. The van der Waals surface area contributed by atoms with Crippen LogP contribution in [-0.2, 0) is 12.8 Å². The van der Waals surface area contributed by atoms with Gasteiger partial charge in [0.1, 0.15) is 5.58 Å². The number of halogens is 1. The van der Waals surface area contributed by atoms with Crippen LogP contribution in [-0.4, -0.2) is 13.1 Å². The number of rotatable bonds is 0. The van der Waals surface area contributed by atoms with Gasteiger partial charge in [-0.15, -0.1) is 12.4 Å². The Hall–Kier alpha value is -0.990. The average Bonchev–Trinajstić information content (AvgIpc) is 2.51. The Morgan fingerprint density at radius 1 is 1.07 bits per heavy atom. The standard InChI is InChI=1S/C12H13NO.ClH/c1-4-13-5-2-10-8-12-11(3-6-14-12)7-9(1)10;/h3,6-8,13H,1-2,4-5H2;1H. The first kappa shape index (κ1) is 10.5. The third-order valence-electron chi connectivity index (χ3n) is 2.92. The molecule has 3 rings (SSSR count). The van der Waals surface area contributed by atoms with Gasteiger partial charge < -0.3 is 9.73 Å². The fourth-order valence-corrected chi connectivity index (χ4v) is 2.14. The van der Waals surface area contributed by atoms with Crippen molar-refractivity contribution < 1.29 is 4.42 Å². The first-order valence-corrected chi connectivity index (χ1v) is 5.13. The normalized spacial score (nSPS) is 15.5. The highest BCUT2D eigenvalue weighted by Gasteiger charge is 2.09. The largest absolute Gasteiger partial charge is 0.464 e. The Balaban J connectivity index is 0.000000853. The molecule has 0 spiro atoms. The smallest absolute Gasteiger partial charge is 0.134 e. The van der Waals surface area contributed by atoms with Gasteiger partial charge in [-0.2, -0.15) is 0 Å². The van der Waals surface area contributed by atoms with Gasteiger partial charge in [-0.1, -0.05) is 0 Å². The number of nitrogens with one attached hydrogen (secondary N) is 1. The van der Waals surface area contributed by atoms with Gasteiger partial charge in [0, 0.05) is 5.39 Å². The summed E-state index contributed by atoms with van der Waals surface area (Å²) < 4.78 is 5.40. The molecule has 2 nitrogen and oxygen atoms in total. The quantitative estimate of drug-likeness (QED) is 0.743. The first-order valence-electron chi connectivity index (χ1n) is 5.13. The molecule has 0 amide bonds. The van der Waals surface area contributed by atoms with Crippen molar-refractivity contribution in [1.29, 1.82) is 0 Å². The van der Waals surface area contributed by atoms with E-state index in [4.69, 9.17) is 4.42 Å². The van der Waals surface area contributed by atoms with E-state index in [1.807, 2.05) is 6.07 Å². The molecule has 0 atom stereocenters. The second-order valence-corrected chi connectivity index (χ2v) is 3.83. The van der Waals surface area contributed by atoms with Crippen LogP contribution in [0.15, 0.2) is 28.9 Å². The second-order valence-electron chi connectivity index (χ2n) is 3.83. The van der Waals surface area contributed by atoms with Crippen LogP contribution in [0.25, 0.3) is 11.0 Å². The van der Waals surface area contributed by atoms with Gasteiger partial charge in [0.05, 0.1) is 6.26 Å². The average molecular weight is 224 g/mol. The SMILES string of the molecule is Cl.c1cc2cc3c(cc2o1)CCNCC3. The summed E-state index contributed by atoms with van der Waals surface area (Å²) in [5.41, 5.74) is 3.94. The van der Waals surface area contributed by atoms with Gasteiger partial charge >= 0.3 is 0 Å². The van der Waals surface area contributed by atoms with Crippen LogP contribution < -0.4 is 5.32 Å². The van der Waals surface area contributed by atoms with E-state index in [0.717, 1.165) is 31.5 Å². The predicted molar refractivity (Wildman–Crippen MR) is 63.7 cm³/mol. The van der Waals surface area contributed by atoms with E-state index in [1.165, 1.54) is 16.5 Å². The van der Waals surface area contributed by atoms with Crippen LogP contribution in [0.2, 0.25) is 0 Å². The van der Waals surface area contributed by atoms with Crippen molar-refractivity contribution in [2.24, 2.45) is 0 Å². The third kappa shape index (κ3) is 1.87. The lowest BCUT2D eigenvalue weighted by atomic mass is 10.0. The minimum atomic E-state index is 0. The Bertz CT molecular complexity index is 424. The Labute approximate surface area is 95.1 Å². The molecule has 1 aromatic heterocycles. The number of hydrogen-bond donors (Lipinski definition) is 1. The van der Waals surface area contributed by atoms with E-state index in [2.05, 4.69) is 17.4 Å². The summed E-state index contributed by atoms with van der Waals surface area (Å²) in [6, 6.07) is 6.49. The third-order valence-corrected chi connectivity index (χ3v) is 2.92. The second kappa shape index (κ2) is 4.25. The maximum absolute atomic E-state index is 5.40.